The standard InChI is InChI=1S/C19H19ClN4O2/c1-11(16-10-21-24(3)12(16)2)22-18(25)15-8-9-17(23-19(15)26)13-4-6-14(20)7-5-13/h4-11H,1-3H3,(H,22,25)(H,23,26). The molecule has 1 atom stereocenters. The summed E-state index contributed by atoms with van der Waals surface area (Å²) in [7, 11) is 1.84. The Morgan fingerprint density at radius 3 is 2.50 bits per heavy atom. The van der Waals surface area contributed by atoms with Crippen molar-refractivity contribution >= 4 is 17.5 Å². The predicted octanol–water partition coefficient (Wildman–Crippen LogP) is 3.23. The molecule has 0 saturated heterocycles. The topological polar surface area (TPSA) is 79.8 Å². The first-order chi connectivity index (χ1) is 12.4. The van der Waals surface area contributed by atoms with Crippen LogP contribution in [-0.4, -0.2) is 20.7 Å². The lowest BCUT2D eigenvalue weighted by Crippen LogP contribution is -2.31. The zero-order valence-corrected chi connectivity index (χ0v) is 15.5. The zero-order valence-electron chi connectivity index (χ0n) is 14.7. The van der Waals surface area contributed by atoms with Gasteiger partial charge >= 0.3 is 0 Å². The number of carbonyl (C=O) groups is 1. The minimum atomic E-state index is -0.440. The number of carbonyl (C=O) groups excluding carboxylic acids is 1. The van der Waals surface area contributed by atoms with Crippen molar-refractivity contribution in [2.45, 2.75) is 19.9 Å². The van der Waals surface area contributed by atoms with E-state index in [1.165, 1.54) is 6.07 Å². The maximum absolute atomic E-state index is 12.5. The summed E-state index contributed by atoms with van der Waals surface area (Å²) in [6.45, 7) is 3.79. The van der Waals surface area contributed by atoms with Crippen LogP contribution in [0.3, 0.4) is 0 Å². The van der Waals surface area contributed by atoms with Crippen LogP contribution in [0.1, 0.15) is 34.6 Å². The van der Waals surface area contributed by atoms with Crippen LogP contribution in [-0.2, 0) is 7.05 Å². The normalized spacial score (nSPS) is 12.0. The van der Waals surface area contributed by atoms with Gasteiger partial charge in [-0.2, -0.15) is 5.10 Å². The third-order valence-corrected chi connectivity index (χ3v) is 4.65. The Bertz CT molecular complexity index is 1010. The second-order valence-electron chi connectivity index (χ2n) is 6.13. The SMILES string of the molecule is Cc1c(C(C)NC(=O)c2ccc(-c3ccc(Cl)cc3)[nH]c2=O)cnn1C. The molecular weight excluding hydrogens is 352 g/mol. The molecule has 0 aliphatic carbocycles. The molecule has 1 amide bonds. The number of H-pyrrole nitrogens is 1. The second kappa shape index (κ2) is 7.17. The summed E-state index contributed by atoms with van der Waals surface area (Å²) in [5.41, 5.74) is 2.94. The minimum absolute atomic E-state index is 0.0658. The summed E-state index contributed by atoms with van der Waals surface area (Å²) in [6.07, 6.45) is 1.72. The number of nitrogens with one attached hydrogen (secondary N) is 2. The van der Waals surface area contributed by atoms with Crippen LogP contribution in [0.4, 0.5) is 0 Å². The van der Waals surface area contributed by atoms with Gasteiger partial charge in [0.15, 0.2) is 0 Å². The van der Waals surface area contributed by atoms with E-state index in [0.717, 1.165) is 16.8 Å². The Balaban J connectivity index is 1.81. The lowest BCUT2D eigenvalue weighted by Gasteiger charge is -2.13. The van der Waals surface area contributed by atoms with Gasteiger partial charge in [-0.25, -0.2) is 0 Å². The van der Waals surface area contributed by atoms with E-state index in [0.29, 0.717) is 10.7 Å². The first-order valence-electron chi connectivity index (χ1n) is 8.15. The minimum Gasteiger partial charge on any atom is -0.345 e. The highest BCUT2D eigenvalue weighted by Crippen LogP contribution is 2.19. The second-order valence-corrected chi connectivity index (χ2v) is 6.56. The number of aromatic amines is 1. The summed E-state index contributed by atoms with van der Waals surface area (Å²) >= 11 is 5.88. The van der Waals surface area contributed by atoms with Gasteiger partial charge in [0.25, 0.3) is 11.5 Å². The Hall–Kier alpha value is -2.86. The number of amides is 1. The smallest absolute Gasteiger partial charge is 0.261 e. The number of aromatic nitrogens is 3. The van der Waals surface area contributed by atoms with Crippen molar-refractivity contribution < 1.29 is 4.79 Å². The van der Waals surface area contributed by atoms with Crippen LogP contribution in [0.15, 0.2) is 47.4 Å². The first kappa shape index (κ1) is 17.9. The molecule has 0 radical (unpaired) electrons. The van der Waals surface area contributed by atoms with Crippen molar-refractivity contribution in [1.29, 1.82) is 0 Å². The molecule has 1 aromatic carbocycles. The van der Waals surface area contributed by atoms with Crippen molar-refractivity contribution in [2.75, 3.05) is 0 Å². The van der Waals surface area contributed by atoms with Crippen molar-refractivity contribution in [3.05, 3.63) is 74.8 Å². The van der Waals surface area contributed by atoms with Gasteiger partial charge in [0.1, 0.15) is 5.56 Å². The molecule has 134 valence electrons. The zero-order chi connectivity index (χ0) is 18.8. The molecule has 26 heavy (non-hydrogen) atoms. The van der Waals surface area contributed by atoms with E-state index in [4.69, 9.17) is 11.6 Å². The summed E-state index contributed by atoms with van der Waals surface area (Å²) < 4.78 is 1.74. The quantitative estimate of drug-likeness (QED) is 0.740. The molecule has 2 heterocycles. The fourth-order valence-electron chi connectivity index (χ4n) is 2.74. The van der Waals surface area contributed by atoms with Gasteiger partial charge in [0.05, 0.1) is 12.2 Å². The van der Waals surface area contributed by atoms with Gasteiger partial charge in [-0.05, 0) is 43.7 Å². The number of halogens is 1. The average molecular weight is 371 g/mol. The summed E-state index contributed by atoms with van der Waals surface area (Å²) in [5, 5.41) is 7.64. The Labute approximate surface area is 155 Å². The molecule has 0 saturated carbocycles. The molecule has 7 heteroatoms. The molecule has 0 bridgehead atoms. The van der Waals surface area contributed by atoms with Crippen LogP contribution in [0.25, 0.3) is 11.3 Å². The van der Waals surface area contributed by atoms with Crippen LogP contribution in [0.5, 0.6) is 0 Å². The number of aryl methyl sites for hydroxylation is 1. The predicted molar refractivity (Wildman–Crippen MR) is 101 cm³/mol. The number of rotatable bonds is 4. The van der Waals surface area contributed by atoms with Gasteiger partial charge < -0.3 is 10.3 Å². The lowest BCUT2D eigenvalue weighted by molar-refractivity contribution is 0.0938. The van der Waals surface area contributed by atoms with Gasteiger partial charge in [0.2, 0.25) is 0 Å². The maximum atomic E-state index is 12.5. The number of hydrogen-bond donors (Lipinski definition) is 2. The molecule has 6 nitrogen and oxygen atoms in total. The molecule has 1 unspecified atom stereocenters. The third kappa shape index (κ3) is 3.55. The van der Waals surface area contributed by atoms with E-state index in [-0.39, 0.29) is 11.6 Å². The van der Waals surface area contributed by atoms with Crippen molar-refractivity contribution in [1.82, 2.24) is 20.1 Å². The maximum Gasteiger partial charge on any atom is 0.261 e. The molecule has 0 aliphatic heterocycles. The van der Waals surface area contributed by atoms with E-state index in [1.54, 1.807) is 41.2 Å². The van der Waals surface area contributed by atoms with E-state index >= 15 is 0 Å². The molecule has 0 fully saturated rings. The van der Waals surface area contributed by atoms with E-state index in [9.17, 15) is 9.59 Å². The molecular formula is C19H19ClN4O2. The average Bonchev–Trinajstić information content (AvgIpc) is 2.94. The Morgan fingerprint density at radius 1 is 1.23 bits per heavy atom. The molecule has 3 aromatic rings. The highest BCUT2D eigenvalue weighted by atomic mass is 35.5. The lowest BCUT2D eigenvalue weighted by atomic mass is 10.1. The van der Waals surface area contributed by atoms with E-state index < -0.39 is 11.5 Å². The summed E-state index contributed by atoms with van der Waals surface area (Å²) in [5.74, 6) is -0.426. The Morgan fingerprint density at radius 2 is 1.92 bits per heavy atom. The van der Waals surface area contributed by atoms with E-state index in [1.807, 2.05) is 20.9 Å². The van der Waals surface area contributed by atoms with E-state index in [2.05, 4.69) is 15.4 Å². The fraction of sp³-hybridized carbons (Fsp3) is 0.211. The number of hydrogen-bond acceptors (Lipinski definition) is 3. The third-order valence-electron chi connectivity index (χ3n) is 4.40. The molecule has 0 spiro atoms. The number of pyridine rings is 1. The van der Waals surface area contributed by atoms with Gasteiger partial charge in [-0.1, -0.05) is 23.7 Å². The Kier molecular flexibility index (Phi) is 4.95. The van der Waals surface area contributed by atoms with Crippen molar-refractivity contribution in [3.8, 4) is 11.3 Å². The molecule has 2 N–H and O–H groups in total. The van der Waals surface area contributed by atoms with Gasteiger partial charge in [-0.3, -0.25) is 14.3 Å². The highest BCUT2D eigenvalue weighted by molar-refractivity contribution is 6.30. The molecule has 0 aliphatic rings. The van der Waals surface area contributed by atoms with Gasteiger partial charge in [0, 0.05) is 29.0 Å². The van der Waals surface area contributed by atoms with Crippen molar-refractivity contribution in [3.63, 3.8) is 0 Å². The summed E-state index contributed by atoms with van der Waals surface area (Å²) in [6, 6.07) is 10.1. The molecule has 2 aromatic heterocycles. The fourth-order valence-corrected chi connectivity index (χ4v) is 2.87. The van der Waals surface area contributed by atoms with Gasteiger partial charge in [-0.15, -0.1) is 0 Å². The molecule has 3 rings (SSSR count). The monoisotopic (exact) mass is 370 g/mol. The van der Waals surface area contributed by atoms with Crippen LogP contribution < -0.4 is 10.9 Å². The number of nitrogens with zero attached hydrogens (tertiary/aromatic N) is 2. The van der Waals surface area contributed by atoms with Crippen LogP contribution >= 0.6 is 11.6 Å². The largest absolute Gasteiger partial charge is 0.345 e. The highest BCUT2D eigenvalue weighted by Gasteiger charge is 2.17. The summed E-state index contributed by atoms with van der Waals surface area (Å²) in [4.78, 5) is 27.6. The van der Waals surface area contributed by atoms with Crippen LogP contribution in [0, 0.1) is 6.92 Å². The number of benzene rings is 1. The van der Waals surface area contributed by atoms with Crippen LogP contribution in [0.2, 0.25) is 5.02 Å². The van der Waals surface area contributed by atoms with Crippen molar-refractivity contribution in [2.24, 2.45) is 7.05 Å². The first-order valence-corrected chi connectivity index (χ1v) is 8.53.